The first kappa shape index (κ1) is 20.1. The molecular formula is C25H24N2O3S. The zero-order valence-corrected chi connectivity index (χ0v) is 18.2. The molecule has 0 amide bonds. The molecule has 5 nitrogen and oxygen atoms in total. The van der Waals surface area contributed by atoms with Crippen LogP contribution in [0.5, 0.6) is 0 Å². The molecule has 1 atom stereocenters. The number of benzene rings is 2. The molecule has 31 heavy (non-hydrogen) atoms. The third-order valence-corrected chi connectivity index (χ3v) is 6.68. The molecule has 0 radical (unpaired) electrons. The van der Waals surface area contributed by atoms with Crippen LogP contribution in [0, 0.1) is 6.92 Å². The van der Waals surface area contributed by atoms with Crippen molar-refractivity contribution < 1.29 is 9.15 Å². The zero-order valence-electron chi connectivity index (χ0n) is 17.4. The summed E-state index contributed by atoms with van der Waals surface area (Å²) in [5, 5.41) is 1.90. The Bertz CT molecular complexity index is 1260. The van der Waals surface area contributed by atoms with Crippen molar-refractivity contribution in [1.29, 1.82) is 0 Å². The second-order valence-corrected chi connectivity index (χ2v) is 8.86. The predicted molar refractivity (Wildman–Crippen MR) is 123 cm³/mol. The minimum absolute atomic E-state index is 0.212. The smallest absolute Gasteiger partial charge is 0.336 e. The molecule has 3 heterocycles. The number of aryl methyl sites for hydroxylation is 1. The summed E-state index contributed by atoms with van der Waals surface area (Å²) >= 11 is 1.64. The van der Waals surface area contributed by atoms with Crippen LogP contribution in [-0.2, 0) is 17.0 Å². The number of ether oxygens (including phenoxy) is 1. The summed E-state index contributed by atoms with van der Waals surface area (Å²) in [5.74, 6) is 0.641. The number of nitrogens with zero attached hydrogens (tertiary/aromatic N) is 2. The molecule has 5 rings (SSSR count). The maximum absolute atomic E-state index is 12.1. The maximum Gasteiger partial charge on any atom is 0.336 e. The first-order chi connectivity index (χ1) is 15.2. The Hall–Kier alpha value is -2.83. The lowest BCUT2D eigenvalue weighted by Crippen LogP contribution is -2.16. The van der Waals surface area contributed by atoms with Crippen LogP contribution in [0.25, 0.3) is 22.2 Å². The van der Waals surface area contributed by atoms with Crippen molar-refractivity contribution in [3.63, 3.8) is 0 Å². The van der Waals surface area contributed by atoms with E-state index in [4.69, 9.17) is 14.1 Å². The van der Waals surface area contributed by atoms with E-state index in [1.54, 1.807) is 17.8 Å². The van der Waals surface area contributed by atoms with E-state index in [9.17, 15) is 4.79 Å². The summed E-state index contributed by atoms with van der Waals surface area (Å²) in [6.45, 7) is 3.60. The molecule has 0 bridgehead atoms. The molecule has 1 aliphatic rings. The number of fused-ring (bicyclic) bond motifs is 1. The van der Waals surface area contributed by atoms with Crippen molar-refractivity contribution in [2.75, 3.05) is 6.61 Å². The van der Waals surface area contributed by atoms with Crippen molar-refractivity contribution in [3.05, 3.63) is 82.3 Å². The van der Waals surface area contributed by atoms with Crippen LogP contribution in [0.1, 0.15) is 24.0 Å². The molecule has 1 fully saturated rings. The fraction of sp³-hybridized carbons (Fsp3) is 0.280. The number of thioether (sulfide) groups is 1. The Labute approximate surface area is 185 Å². The zero-order chi connectivity index (χ0) is 21.2. The van der Waals surface area contributed by atoms with E-state index in [0.29, 0.717) is 11.3 Å². The van der Waals surface area contributed by atoms with Gasteiger partial charge in [-0.25, -0.2) is 9.78 Å². The maximum atomic E-state index is 12.1. The lowest BCUT2D eigenvalue weighted by atomic mass is 10.1. The third-order valence-electron chi connectivity index (χ3n) is 5.64. The summed E-state index contributed by atoms with van der Waals surface area (Å²) < 4.78 is 13.6. The van der Waals surface area contributed by atoms with Gasteiger partial charge in [0.1, 0.15) is 5.58 Å². The number of imidazole rings is 1. The van der Waals surface area contributed by atoms with E-state index in [1.807, 2.05) is 49.5 Å². The Morgan fingerprint density at radius 3 is 2.84 bits per heavy atom. The van der Waals surface area contributed by atoms with E-state index in [2.05, 4.69) is 16.7 Å². The molecule has 1 unspecified atom stereocenters. The van der Waals surface area contributed by atoms with Gasteiger partial charge in [-0.2, -0.15) is 0 Å². The molecule has 2 aromatic heterocycles. The van der Waals surface area contributed by atoms with Crippen molar-refractivity contribution in [2.24, 2.45) is 0 Å². The predicted octanol–water partition coefficient (Wildman–Crippen LogP) is 5.44. The van der Waals surface area contributed by atoms with Gasteiger partial charge in [-0.15, -0.1) is 0 Å². The van der Waals surface area contributed by atoms with Gasteiger partial charge in [-0.1, -0.05) is 54.2 Å². The second-order valence-electron chi connectivity index (χ2n) is 7.92. The number of rotatable bonds is 6. The van der Waals surface area contributed by atoms with E-state index in [-0.39, 0.29) is 11.7 Å². The average Bonchev–Trinajstić information content (AvgIpc) is 3.42. The van der Waals surface area contributed by atoms with Crippen LogP contribution in [0.4, 0.5) is 0 Å². The van der Waals surface area contributed by atoms with Crippen molar-refractivity contribution in [1.82, 2.24) is 9.55 Å². The van der Waals surface area contributed by atoms with Gasteiger partial charge in [0.25, 0.3) is 0 Å². The van der Waals surface area contributed by atoms with Crippen LogP contribution in [0.3, 0.4) is 0 Å². The molecule has 1 saturated heterocycles. The van der Waals surface area contributed by atoms with E-state index in [0.717, 1.165) is 58.9 Å². The van der Waals surface area contributed by atoms with Gasteiger partial charge in [-0.3, -0.25) is 0 Å². The topological polar surface area (TPSA) is 57.3 Å². The molecule has 0 aliphatic carbocycles. The molecule has 1 aliphatic heterocycles. The Morgan fingerprint density at radius 1 is 1.16 bits per heavy atom. The van der Waals surface area contributed by atoms with Gasteiger partial charge in [0.05, 0.1) is 24.5 Å². The van der Waals surface area contributed by atoms with Gasteiger partial charge < -0.3 is 13.7 Å². The quantitative estimate of drug-likeness (QED) is 0.300. The van der Waals surface area contributed by atoms with Gasteiger partial charge >= 0.3 is 5.63 Å². The van der Waals surface area contributed by atoms with Gasteiger partial charge in [0.2, 0.25) is 0 Å². The van der Waals surface area contributed by atoms with Gasteiger partial charge in [0, 0.05) is 23.8 Å². The van der Waals surface area contributed by atoms with Crippen molar-refractivity contribution in [3.8, 4) is 11.3 Å². The van der Waals surface area contributed by atoms with Crippen LogP contribution in [-0.4, -0.2) is 22.3 Å². The minimum Gasteiger partial charge on any atom is -0.423 e. The standard InChI is InChI=1S/C25H24N2O3S/c1-17-9-10-21-19(13-24(28)30-23(21)12-17)16-31-25-26-14-22(18-6-3-2-4-7-18)27(25)15-20-8-5-11-29-20/h2-4,6-7,9-10,12-14,20H,5,8,11,15-16H2,1H3. The molecule has 0 N–H and O–H groups in total. The van der Waals surface area contributed by atoms with Crippen molar-refractivity contribution in [2.45, 2.75) is 43.3 Å². The molecule has 158 valence electrons. The largest absolute Gasteiger partial charge is 0.423 e. The SMILES string of the molecule is Cc1ccc2c(CSc3ncc(-c4ccccc4)n3CC3CCCO3)cc(=O)oc2c1. The van der Waals surface area contributed by atoms with E-state index >= 15 is 0 Å². The highest BCUT2D eigenvalue weighted by atomic mass is 32.2. The first-order valence-corrected chi connectivity index (χ1v) is 11.5. The number of hydrogen-bond donors (Lipinski definition) is 0. The Morgan fingerprint density at radius 2 is 2.03 bits per heavy atom. The lowest BCUT2D eigenvalue weighted by Gasteiger charge is -2.16. The van der Waals surface area contributed by atoms with Gasteiger partial charge in [-0.05, 0) is 42.5 Å². The normalized spacial score (nSPS) is 16.2. The summed E-state index contributed by atoms with van der Waals surface area (Å²) in [6.07, 6.45) is 4.32. The molecule has 2 aromatic carbocycles. The monoisotopic (exact) mass is 432 g/mol. The van der Waals surface area contributed by atoms with Gasteiger partial charge in [0.15, 0.2) is 5.16 Å². The Balaban J connectivity index is 1.47. The fourth-order valence-electron chi connectivity index (χ4n) is 4.08. The first-order valence-electron chi connectivity index (χ1n) is 10.6. The average molecular weight is 433 g/mol. The van der Waals surface area contributed by atoms with Crippen LogP contribution >= 0.6 is 11.8 Å². The van der Waals surface area contributed by atoms with Crippen molar-refractivity contribution >= 4 is 22.7 Å². The highest BCUT2D eigenvalue weighted by Crippen LogP contribution is 2.31. The molecule has 0 spiro atoms. The minimum atomic E-state index is -0.318. The highest BCUT2D eigenvalue weighted by Gasteiger charge is 2.21. The molecular weight excluding hydrogens is 408 g/mol. The van der Waals surface area contributed by atoms with Crippen LogP contribution < -0.4 is 5.63 Å². The third kappa shape index (κ3) is 4.31. The fourth-order valence-corrected chi connectivity index (χ4v) is 5.06. The highest BCUT2D eigenvalue weighted by molar-refractivity contribution is 7.98. The summed E-state index contributed by atoms with van der Waals surface area (Å²) in [7, 11) is 0. The summed E-state index contributed by atoms with van der Waals surface area (Å²) in [4.78, 5) is 16.8. The number of aromatic nitrogens is 2. The summed E-state index contributed by atoms with van der Waals surface area (Å²) in [5.41, 5.74) is 4.58. The lowest BCUT2D eigenvalue weighted by molar-refractivity contribution is 0.0954. The number of hydrogen-bond acceptors (Lipinski definition) is 5. The molecule has 0 saturated carbocycles. The van der Waals surface area contributed by atoms with E-state index in [1.165, 1.54) is 0 Å². The second kappa shape index (κ2) is 8.73. The van der Waals surface area contributed by atoms with Crippen LogP contribution in [0.2, 0.25) is 0 Å². The molecule has 4 aromatic rings. The molecule has 6 heteroatoms. The van der Waals surface area contributed by atoms with E-state index < -0.39 is 0 Å². The van der Waals surface area contributed by atoms with Crippen LogP contribution in [0.15, 0.2) is 75.2 Å². The Kier molecular flexibility index (Phi) is 5.66. The summed E-state index contributed by atoms with van der Waals surface area (Å²) in [6, 6.07) is 17.9.